The maximum Gasteiger partial charge on any atom is 0.239 e. The lowest BCUT2D eigenvalue weighted by Gasteiger charge is -2.27. The van der Waals surface area contributed by atoms with E-state index in [9.17, 15) is 4.79 Å². The monoisotopic (exact) mass is 266 g/mol. The lowest BCUT2D eigenvalue weighted by molar-refractivity contribution is -0.126. The minimum atomic E-state index is -0.876. The Balaban J connectivity index is 2.17. The van der Waals surface area contributed by atoms with Crippen LogP contribution in [0.3, 0.4) is 0 Å². The molecule has 1 aromatic heterocycles. The van der Waals surface area contributed by atoms with Crippen LogP contribution < -0.4 is 11.1 Å². The third-order valence-electron chi connectivity index (χ3n) is 3.47. The van der Waals surface area contributed by atoms with Crippen LogP contribution in [0, 0.1) is 0 Å². The zero-order valence-electron chi connectivity index (χ0n) is 11.5. The van der Waals surface area contributed by atoms with E-state index in [-0.39, 0.29) is 18.6 Å². The highest BCUT2D eigenvalue weighted by atomic mass is 16.3. The van der Waals surface area contributed by atoms with Crippen molar-refractivity contribution in [2.75, 3.05) is 6.61 Å². The summed E-state index contributed by atoms with van der Waals surface area (Å²) in [5.74, 6) is -0.153. The number of rotatable bonds is 4. The fourth-order valence-corrected chi connectivity index (χ4v) is 2.40. The second kappa shape index (κ2) is 5.30. The molecule has 1 heterocycles. The summed E-state index contributed by atoms with van der Waals surface area (Å²) in [5, 5.41) is 16.3. The predicted molar refractivity (Wildman–Crippen MR) is 71.4 cm³/mol. The SMILES string of the molecule is CC(C)(N)C(=O)NC1CCCc2c1cnn2CCO. The standard InChI is InChI=1S/C13H22N4O2/c1-13(2,14)12(19)16-10-4-3-5-11-9(10)8-15-17(11)6-7-18/h8,10,18H,3-7,14H2,1-2H3,(H,16,19). The van der Waals surface area contributed by atoms with Crippen LogP contribution in [-0.4, -0.2) is 32.9 Å². The maximum atomic E-state index is 12.0. The topological polar surface area (TPSA) is 93.2 Å². The van der Waals surface area contributed by atoms with Gasteiger partial charge in [0.15, 0.2) is 0 Å². The van der Waals surface area contributed by atoms with Crippen LogP contribution >= 0.6 is 0 Å². The van der Waals surface area contributed by atoms with Crippen molar-refractivity contribution in [2.24, 2.45) is 5.73 Å². The molecule has 4 N–H and O–H groups in total. The van der Waals surface area contributed by atoms with Gasteiger partial charge in [0.2, 0.25) is 5.91 Å². The summed E-state index contributed by atoms with van der Waals surface area (Å²) < 4.78 is 1.82. The summed E-state index contributed by atoms with van der Waals surface area (Å²) in [6.45, 7) is 3.96. The minimum Gasteiger partial charge on any atom is -0.394 e. The minimum absolute atomic E-state index is 0.0217. The van der Waals surface area contributed by atoms with Crippen molar-refractivity contribution < 1.29 is 9.90 Å². The lowest BCUT2D eigenvalue weighted by Crippen LogP contribution is -2.50. The number of carbonyl (C=O) groups excluding carboxylic acids is 1. The first-order valence-electron chi connectivity index (χ1n) is 6.68. The number of hydrogen-bond acceptors (Lipinski definition) is 4. The lowest BCUT2D eigenvalue weighted by atomic mass is 9.92. The molecule has 1 aliphatic carbocycles. The number of amides is 1. The summed E-state index contributed by atoms with van der Waals surface area (Å²) in [4.78, 5) is 12.0. The average molecular weight is 266 g/mol. The first-order valence-corrected chi connectivity index (χ1v) is 6.68. The Bertz CT molecular complexity index is 462. The first kappa shape index (κ1) is 14.0. The van der Waals surface area contributed by atoms with E-state index in [0.29, 0.717) is 6.54 Å². The number of carbonyl (C=O) groups is 1. The summed E-state index contributed by atoms with van der Waals surface area (Å²) >= 11 is 0. The van der Waals surface area contributed by atoms with Crippen molar-refractivity contribution in [3.05, 3.63) is 17.5 Å². The van der Waals surface area contributed by atoms with E-state index < -0.39 is 5.54 Å². The smallest absolute Gasteiger partial charge is 0.239 e. The molecular weight excluding hydrogens is 244 g/mol. The number of fused-ring (bicyclic) bond motifs is 1. The van der Waals surface area contributed by atoms with Crippen molar-refractivity contribution >= 4 is 5.91 Å². The van der Waals surface area contributed by atoms with Crippen LogP contribution in [0.1, 0.15) is 44.0 Å². The molecule has 2 rings (SSSR count). The molecule has 1 atom stereocenters. The van der Waals surface area contributed by atoms with Crippen molar-refractivity contribution in [2.45, 2.75) is 51.2 Å². The number of nitrogens with zero attached hydrogens (tertiary/aromatic N) is 2. The summed E-state index contributed by atoms with van der Waals surface area (Å²) in [5.41, 5.74) is 7.09. The summed E-state index contributed by atoms with van der Waals surface area (Å²) in [6, 6.07) is -0.0217. The Kier molecular flexibility index (Phi) is 3.91. The van der Waals surface area contributed by atoms with E-state index >= 15 is 0 Å². The Morgan fingerprint density at radius 3 is 3.05 bits per heavy atom. The molecule has 0 bridgehead atoms. The van der Waals surface area contributed by atoms with Crippen molar-refractivity contribution in [3.63, 3.8) is 0 Å². The molecule has 0 radical (unpaired) electrons. The molecule has 1 unspecified atom stereocenters. The van der Waals surface area contributed by atoms with Gasteiger partial charge in [-0.2, -0.15) is 5.10 Å². The predicted octanol–water partition coefficient (Wildman–Crippen LogP) is 0.106. The zero-order valence-corrected chi connectivity index (χ0v) is 11.5. The normalized spacial score (nSPS) is 19.1. The maximum absolute atomic E-state index is 12.0. The molecule has 0 fully saturated rings. The fourth-order valence-electron chi connectivity index (χ4n) is 2.40. The number of nitrogens with one attached hydrogen (secondary N) is 1. The van der Waals surface area contributed by atoms with Crippen molar-refractivity contribution in [3.8, 4) is 0 Å². The van der Waals surface area contributed by atoms with Crippen molar-refractivity contribution in [1.82, 2.24) is 15.1 Å². The molecular formula is C13H22N4O2. The van der Waals surface area contributed by atoms with Gasteiger partial charge in [-0.1, -0.05) is 0 Å². The molecule has 0 aliphatic heterocycles. The van der Waals surface area contributed by atoms with E-state index in [0.717, 1.165) is 30.5 Å². The Labute approximate surface area is 113 Å². The highest BCUT2D eigenvalue weighted by Gasteiger charge is 2.29. The van der Waals surface area contributed by atoms with Crippen LogP contribution in [-0.2, 0) is 17.8 Å². The highest BCUT2D eigenvalue weighted by Crippen LogP contribution is 2.29. The van der Waals surface area contributed by atoms with Gasteiger partial charge < -0.3 is 16.2 Å². The average Bonchev–Trinajstić information content (AvgIpc) is 2.73. The summed E-state index contributed by atoms with van der Waals surface area (Å²) in [7, 11) is 0. The van der Waals surface area contributed by atoms with Crippen LogP contribution in [0.5, 0.6) is 0 Å². The van der Waals surface area contributed by atoms with Gasteiger partial charge in [-0.3, -0.25) is 9.48 Å². The van der Waals surface area contributed by atoms with E-state index in [2.05, 4.69) is 10.4 Å². The number of aliphatic hydroxyl groups excluding tert-OH is 1. The van der Waals surface area contributed by atoms with E-state index in [1.54, 1.807) is 20.0 Å². The largest absolute Gasteiger partial charge is 0.394 e. The molecule has 0 saturated heterocycles. The Morgan fingerprint density at radius 2 is 2.42 bits per heavy atom. The number of aliphatic hydroxyl groups is 1. The van der Waals surface area contributed by atoms with E-state index in [1.807, 2.05) is 4.68 Å². The molecule has 1 aliphatic rings. The molecule has 106 valence electrons. The number of aromatic nitrogens is 2. The number of nitrogens with two attached hydrogens (primary N) is 1. The molecule has 0 aromatic carbocycles. The van der Waals surface area contributed by atoms with Gasteiger partial charge >= 0.3 is 0 Å². The third-order valence-corrected chi connectivity index (χ3v) is 3.47. The number of hydrogen-bond donors (Lipinski definition) is 3. The first-order chi connectivity index (χ1) is 8.93. The second-order valence-corrected chi connectivity index (χ2v) is 5.63. The van der Waals surface area contributed by atoms with Gasteiger partial charge in [0.25, 0.3) is 0 Å². The molecule has 6 heteroatoms. The molecule has 1 amide bonds. The zero-order chi connectivity index (χ0) is 14.0. The summed E-state index contributed by atoms with van der Waals surface area (Å²) in [6.07, 6.45) is 4.63. The molecule has 0 spiro atoms. The molecule has 1 aromatic rings. The highest BCUT2D eigenvalue weighted by molar-refractivity contribution is 5.85. The van der Waals surface area contributed by atoms with Gasteiger partial charge in [-0.25, -0.2) is 0 Å². The molecule has 0 saturated carbocycles. The van der Waals surface area contributed by atoms with E-state index in [4.69, 9.17) is 10.8 Å². The van der Waals surface area contributed by atoms with Crippen molar-refractivity contribution in [1.29, 1.82) is 0 Å². The van der Waals surface area contributed by atoms with E-state index in [1.165, 1.54) is 0 Å². The van der Waals surface area contributed by atoms with Gasteiger partial charge in [-0.15, -0.1) is 0 Å². The quantitative estimate of drug-likeness (QED) is 0.721. The fraction of sp³-hybridized carbons (Fsp3) is 0.692. The van der Waals surface area contributed by atoms with Gasteiger partial charge in [0.05, 0.1) is 30.9 Å². The van der Waals surface area contributed by atoms with Crippen LogP contribution in [0.2, 0.25) is 0 Å². The molecule has 19 heavy (non-hydrogen) atoms. The van der Waals surface area contributed by atoms with Crippen LogP contribution in [0.25, 0.3) is 0 Å². The third kappa shape index (κ3) is 2.96. The van der Waals surface area contributed by atoms with Crippen LogP contribution in [0.4, 0.5) is 0 Å². The Hall–Kier alpha value is -1.40. The van der Waals surface area contributed by atoms with Gasteiger partial charge in [0, 0.05) is 11.3 Å². The molecule has 6 nitrogen and oxygen atoms in total. The Morgan fingerprint density at radius 1 is 1.68 bits per heavy atom. The van der Waals surface area contributed by atoms with Gasteiger partial charge in [0.1, 0.15) is 0 Å². The second-order valence-electron chi connectivity index (χ2n) is 5.63. The van der Waals surface area contributed by atoms with Crippen LogP contribution in [0.15, 0.2) is 6.20 Å². The van der Waals surface area contributed by atoms with Gasteiger partial charge in [-0.05, 0) is 33.1 Å².